The van der Waals surface area contributed by atoms with Gasteiger partial charge in [-0.05, 0) is 30.3 Å². The summed E-state index contributed by atoms with van der Waals surface area (Å²) in [5.74, 6) is 2.30. The van der Waals surface area contributed by atoms with Crippen LogP contribution in [-0.2, 0) is 6.54 Å². The SMILES string of the molecule is C[NH+](CCOc1ccc(Cl)cc1)Cc1cc2c(cc1O)OCO2. The Morgan fingerprint density at radius 3 is 2.61 bits per heavy atom. The van der Waals surface area contributed by atoms with E-state index in [2.05, 4.69) is 7.05 Å². The quantitative estimate of drug-likeness (QED) is 0.845. The first-order valence-corrected chi connectivity index (χ1v) is 7.81. The third-order valence-corrected chi connectivity index (χ3v) is 3.93. The second-order valence-electron chi connectivity index (χ2n) is 5.52. The lowest BCUT2D eigenvalue weighted by atomic mass is 10.1. The third kappa shape index (κ3) is 4.00. The van der Waals surface area contributed by atoms with Crippen molar-refractivity contribution in [2.75, 3.05) is 27.0 Å². The number of hydrogen-bond acceptors (Lipinski definition) is 4. The molecular weight excluding hydrogens is 318 g/mol. The second kappa shape index (κ2) is 6.98. The fourth-order valence-corrected chi connectivity index (χ4v) is 2.53. The highest BCUT2D eigenvalue weighted by Gasteiger charge is 2.18. The minimum absolute atomic E-state index is 0.204. The molecule has 0 saturated carbocycles. The average molecular weight is 337 g/mol. The number of phenolic OH excluding ortho intramolecular Hbond substituents is 1. The number of hydrogen-bond donors (Lipinski definition) is 2. The summed E-state index contributed by atoms with van der Waals surface area (Å²) in [6, 6.07) is 10.7. The molecular formula is C17H19ClNO4+. The van der Waals surface area contributed by atoms with Crippen LogP contribution in [0.15, 0.2) is 36.4 Å². The molecule has 0 radical (unpaired) electrons. The molecule has 0 saturated heterocycles. The van der Waals surface area contributed by atoms with Gasteiger partial charge in [-0.1, -0.05) is 11.6 Å². The first-order chi connectivity index (χ1) is 11.1. The Morgan fingerprint density at radius 2 is 1.87 bits per heavy atom. The number of ether oxygens (including phenoxy) is 3. The van der Waals surface area contributed by atoms with Crippen LogP contribution in [-0.4, -0.2) is 32.1 Å². The molecule has 0 fully saturated rings. The van der Waals surface area contributed by atoms with Crippen molar-refractivity contribution in [3.63, 3.8) is 0 Å². The number of benzene rings is 2. The summed E-state index contributed by atoms with van der Waals surface area (Å²) in [5, 5.41) is 10.8. The minimum atomic E-state index is 0.204. The molecule has 2 aromatic carbocycles. The lowest BCUT2D eigenvalue weighted by Crippen LogP contribution is -3.08. The predicted octanol–water partition coefficient (Wildman–Crippen LogP) is 1.87. The van der Waals surface area contributed by atoms with Gasteiger partial charge in [0, 0.05) is 11.1 Å². The lowest BCUT2D eigenvalue weighted by Gasteiger charge is -2.15. The maximum Gasteiger partial charge on any atom is 0.231 e. The van der Waals surface area contributed by atoms with Gasteiger partial charge in [-0.25, -0.2) is 0 Å². The van der Waals surface area contributed by atoms with E-state index in [1.807, 2.05) is 18.2 Å². The Balaban J connectivity index is 1.51. The highest BCUT2D eigenvalue weighted by molar-refractivity contribution is 6.30. The molecule has 23 heavy (non-hydrogen) atoms. The van der Waals surface area contributed by atoms with Crippen LogP contribution in [0.5, 0.6) is 23.0 Å². The molecule has 1 heterocycles. The Hall–Kier alpha value is -2.11. The normalized spacial score (nSPS) is 13.8. The first kappa shape index (κ1) is 15.8. The van der Waals surface area contributed by atoms with Crippen LogP contribution < -0.4 is 19.1 Å². The molecule has 5 nitrogen and oxygen atoms in total. The van der Waals surface area contributed by atoms with E-state index in [1.165, 1.54) is 4.90 Å². The molecule has 1 aliphatic heterocycles. The zero-order valence-corrected chi connectivity index (χ0v) is 13.6. The highest BCUT2D eigenvalue weighted by atomic mass is 35.5. The monoisotopic (exact) mass is 336 g/mol. The van der Waals surface area contributed by atoms with Crippen LogP contribution in [0.25, 0.3) is 0 Å². The molecule has 1 atom stereocenters. The number of aromatic hydroxyl groups is 1. The average Bonchev–Trinajstić information content (AvgIpc) is 2.97. The van der Waals surface area contributed by atoms with E-state index < -0.39 is 0 Å². The Morgan fingerprint density at radius 1 is 1.17 bits per heavy atom. The maximum absolute atomic E-state index is 10.1. The van der Waals surface area contributed by atoms with Crippen molar-refractivity contribution in [1.82, 2.24) is 0 Å². The molecule has 0 bridgehead atoms. The molecule has 122 valence electrons. The van der Waals surface area contributed by atoms with Crippen LogP contribution >= 0.6 is 11.6 Å². The van der Waals surface area contributed by atoms with Crippen molar-refractivity contribution in [2.45, 2.75) is 6.54 Å². The standard InChI is InChI=1S/C17H18ClNO4/c1-19(6-7-21-14-4-2-13(18)3-5-14)10-12-8-16-17(9-15(12)20)23-11-22-16/h2-5,8-9,20H,6-7,10-11H2,1H3/p+1. The van der Waals surface area contributed by atoms with Crippen LogP contribution in [0.4, 0.5) is 0 Å². The van der Waals surface area contributed by atoms with E-state index in [9.17, 15) is 5.11 Å². The Kier molecular flexibility index (Phi) is 4.79. The zero-order chi connectivity index (χ0) is 16.2. The largest absolute Gasteiger partial charge is 0.507 e. The molecule has 2 aromatic rings. The number of rotatable bonds is 6. The number of halogens is 1. The van der Waals surface area contributed by atoms with Crippen molar-refractivity contribution in [3.8, 4) is 23.0 Å². The van der Waals surface area contributed by atoms with Crippen LogP contribution in [0, 0.1) is 0 Å². The van der Waals surface area contributed by atoms with E-state index >= 15 is 0 Å². The lowest BCUT2D eigenvalue weighted by molar-refractivity contribution is -0.893. The molecule has 6 heteroatoms. The van der Waals surface area contributed by atoms with E-state index in [4.69, 9.17) is 25.8 Å². The van der Waals surface area contributed by atoms with E-state index in [-0.39, 0.29) is 12.5 Å². The van der Waals surface area contributed by atoms with Gasteiger partial charge in [-0.3, -0.25) is 0 Å². The van der Waals surface area contributed by atoms with Gasteiger partial charge in [0.05, 0.1) is 12.6 Å². The number of fused-ring (bicyclic) bond motifs is 1. The molecule has 0 spiro atoms. The van der Waals surface area contributed by atoms with Gasteiger partial charge in [0.1, 0.15) is 31.2 Å². The summed E-state index contributed by atoms with van der Waals surface area (Å²) in [6.45, 7) is 2.26. The highest BCUT2D eigenvalue weighted by Crippen LogP contribution is 2.37. The zero-order valence-electron chi connectivity index (χ0n) is 12.8. The van der Waals surface area contributed by atoms with E-state index in [0.717, 1.165) is 17.9 Å². The van der Waals surface area contributed by atoms with Gasteiger partial charge in [-0.2, -0.15) is 0 Å². The third-order valence-electron chi connectivity index (χ3n) is 3.68. The molecule has 1 unspecified atom stereocenters. The molecule has 0 amide bonds. The molecule has 1 aliphatic rings. The second-order valence-corrected chi connectivity index (χ2v) is 5.96. The topological polar surface area (TPSA) is 52.4 Å². The maximum atomic E-state index is 10.1. The molecule has 0 aliphatic carbocycles. The van der Waals surface area contributed by atoms with E-state index in [1.54, 1.807) is 18.2 Å². The van der Waals surface area contributed by atoms with Crippen LogP contribution in [0.1, 0.15) is 5.56 Å². The fourth-order valence-electron chi connectivity index (χ4n) is 2.40. The number of nitrogens with one attached hydrogen (secondary N) is 1. The van der Waals surface area contributed by atoms with Gasteiger partial charge in [-0.15, -0.1) is 0 Å². The summed E-state index contributed by atoms with van der Waals surface area (Å²) in [4.78, 5) is 1.22. The number of quaternary nitrogens is 1. The summed E-state index contributed by atoms with van der Waals surface area (Å²) in [7, 11) is 2.05. The van der Waals surface area contributed by atoms with Gasteiger partial charge in [0.25, 0.3) is 0 Å². The smallest absolute Gasteiger partial charge is 0.231 e. The van der Waals surface area contributed by atoms with Gasteiger partial charge >= 0.3 is 0 Å². The summed E-state index contributed by atoms with van der Waals surface area (Å²) in [5.41, 5.74) is 0.832. The van der Waals surface area contributed by atoms with Crippen LogP contribution in [0.3, 0.4) is 0 Å². The van der Waals surface area contributed by atoms with Gasteiger partial charge in [0.15, 0.2) is 11.5 Å². The summed E-state index contributed by atoms with van der Waals surface area (Å²) < 4.78 is 16.3. The van der Waals surface area contributed by atoms with Crippen LogP contribution in [0.2, 0.25) is 5.02 Å². The Labute approximate surface area is 140 Å². The molecule has 3 rings (SSSR count). The Bertz CT molecular complexity index is 675. The van der Waals surface area contributed by atoms with Gasteiger partial charge < -0.3 is 24.2 Å². The summed E-state index contributed by atoms with van der Waals surface area (Å²) >= 11 is 5.84. The molecule has 0 aromatic heterocycles. The van der Waals surface area contributed by atoms with Gasteiger partial charge in [0.2, 0.25) is 6.79 Å². The fraction of sp³-hybridized carbons (Fsp3) is 0.294. The first-order valence-electron chi connectivity index (χ1n) is 7.43. The minimum Gasteiger partial charge on any atom is -0.507 e. The molecule has 2 N–H and O–H groups in total. The van der Waals surface area contributed by atoms with Crippen molar-refractivity contribution in [1.29, 1.82) is 0 Å². The predicted molar refractivity (Wildman–Crippen MR) is 86.6 cm³/mol. The number of phenols is 1. The van der Waals surface area contributed by atoms with Crippen molar-refractivity contribution >= 4 is 11.6 Å². The van der Waals surface area contributed by atoms with Crippen molar-refractivity contribution in [3.05, 3.63) is 47.0 Å². The van der Waals surface area contributed by atoms with Crippen molar-refractivity contribution in [2.24, 2.45) is 0 Å². The number of likely N-dealkylation sites (N-methyl/N-ethyl adjacent to an activating group) is 1. The van der Waals surface area contributed by atoms with E-state index in [0.29, 0.717) is 29.7 Å². The summed E-state index contributed by atoms with van der Waals surface area (Å²) in [6.07, 6.45) is 0. The van der Waals surface area contributed by atoms with Crippen molar-refractivity contribution < 1.29 is 24.2 Å².